The van der Waals surface area contributed by atoms with Crippen molar-refractivity contribution in [1.29, 1.82) is 0 Å². The summed E-state index contributed by atoms with van der Waals surface area (Å²) < 4.78 is 7.65. The summed E-state index contributed by atoms with van der Waals surface area (Å²) >= 11 is 5.50. The Bertz CT molecular complexity index is 2650. The van der Waals surface area contributed by atoms with E-state index in [1.54, 1.807) is 0 Å². The molecule has 10 aromatic rings. The first-order valence-electron chi connectivity index (χ1n) is 14.9. The summed E-state index contributed by atoms with van der Waals surface area (Å²) in [5.74, 6) is 0.757. The molecule has 0 bridgehead atoms. The van der Waals surface area contributed by atoms with Crippen molar-refractivity contribution in [2.24, 2.45) is 0 Å². The second-order valence-corrected chi connectivity index (χ2v) is 14.5. The van der Waals surface area contributed by atoms with Crippen molar-refractivity contribution in [3.05, 3.63) is 133 Å². The maximum Gasteiger partial charge on any atom is 0.161 e. The second-order valence-electron chi connectivity index (χ2n) is 11.3. The van der Waals surface area contributed by atoms with Gasteiger partial charge in [0.05, 0.1) is 11.4 Å². The molecule has 6 aromatic carbocycles. The monoisotopic (exact) mass is 626 g/mol. The van der Waals surface area contributed by atoms with E-state index in [0.29, 0.717) is 0 Å². The molecule has 0 spiro atoms. The third-order valence-corrected chi connectivity index (χ3v) is 12.3. The van der Waals surface area contributed by atoms with E-state index in [1.807, 2.05) is 34.0 Å². The summed E-state index contributed by atoms with van der Waals surface area (Å²) in [5, 5.41) is 7.65. The minimum Gasteiger partial charge on any atom is -0.228 e. The van der Waals surface area contributed by atoms with Crippen LogP contribution in [0, 0.1) is 0 Å². The lowest BCUT2D eigenvalue weighted by molar-refractivity contribution is 1.19. The highest BCUT2D eigenvalue weighted by Gasteiger charge is 2.18. The maximum absolute atomic E-state index is 5.35. The van der Waals surface area contributed by atoms with Gasteiger partial charge in [-0.1, -0.05) is 91.0 Å². The Kier molecular flexibility index (Phi) is 5.52. The van der Waals surface area contributed by atoms with E-state index in [2.05, 4.69) is 133 Å². The van der Waals surface area contributed by atoms with Crippen LogP contribution in [0.1, 0.15) is 0 Å². The molecule has 2 nitrogen and oxygen atoms in total. The lowest BCUT2D eigenvalue weighted by atomic mass is 10.0. The van der Waals surface area contributed by atoms with Gasteiger partial charge in [0.2, 0.25) is 0 Å². The maximum atomic E-state index is 5.35. The van der Waals surface area contributed by atoms with E-state index < -0.39 is 0 Å². The van der Waals surface area contributed by atoms with Crippen LogP contribution in [-0.2, 0) is 0 Å². The summed E-state index contributed by atoms with van der Waals surface area (Å²) in [6, 6.07) is 48.1. The van der Waals surface area contributed by atoms with Gasteiger partial charge in [-0.3, -0.25) is 0 Å². The molecule has 0 saturated carbocycles. The number of nitrogens with zero attached hydrogens (tertiary/aromatic N) is 2. The van der Waals surface area contributed by atoms with Crippen LogP contribution < -0.4 is 0 Å². The van der Waals surface area contributed by atoms with Crippen LogP contribution in [0.2, 0.25) is 0 Å². The lowest BCUT2D eigenvalue weighted by Gasteiger charge is -2.11. The molecular formula is C40H22N2S3. The number of fused-ring (bicyclic) bond motifs is 9. The molecule has 0 radical (unpaired) electrons. The van der Waals surface area contributed by atoms with Gasteiger partial charge in [-0.2, -0.15) is 0 Å². The summed E-state index contributed by atoms with van der Waals surface area (Å²) in [4.78, 5) is 10.7. The molecule has 210 valence electrons. The quantitative estimate of drug-likeness (QED) is 0.195. The van der Waals surface area contributed by atoms with E-state index in [-0.39, 0.29) is 0 Å². The Morgan fingerprint density at radius 1 is 0.356 bits per heavy atom. The first-order chi connectivity index (χ1) is 22.3. The molecule has 0 atom stereocenters. The second kappa shape index (κ2) is 9.78. The first-order valence-corrected chi connectivity index (χ1v) is 17.4. The van der Waals surface area contributed by atoms with E-state index in [9.17, 15) is 0 Å². The fourth-order valence-corrected chi connectivity index (χ4v) is 10.1. The number of rotatable bonds is 3. The van der Waals surface area contributed by atoms with Crippen LogP contribution in [0.25, 0.3) is 94.4 Å². The zero-order chi connectivity index (χ0) is 29.5. The Hall–Kier alpha value is -4.94. The molecule has 0 aliphatic rings. The number of aromatic nitrogens is 2. The Morgan fingerprint density at radius 2 is 0.867 bits per heavy atom. The molecule has 0 unspecified atom stereocenters. The number of thiophene rings is 3. The highest BCUT2D eigenvalue weighted by atomic mass is 32.1. The topological polar surface area (TPSA) is 25.8 Å². The van der Waals surface area contributed by atoms with Crippen molar-refractivity contribution < 1.29 is 0 Å². The normalized spacial score (nSPS) is 12.0. The minimum absolute atomic E-state index is 0.757. The first kappa shape index (κ1) is 25.4. The van der Waals surface area contributed by atoms with Crippen molar-refractivity contribution in [2.75, 3.05) is 0 Å². The number of hydrogen-bond acceptors (Lipinski definition) is 5. The van der Waals surface area contributed by atoms with Crippen molar-refractivity contribution in [2.45, 2.75) is 0 Å². The van der Waals surface area contributed by atoms with E-state index in [0.717, 1.165) is 33.9 Å². The van der Waals surface area contributed by atoms with E-state index >= 15 is 0 Å². The fourth-order valence-electron chi connectivity index (χ4n) is 6.61. The zero-order valence-electron chi connectivity index (χ0n) is 23.8. The van der Waals surface area contributed by atoms with Gasteiger partial charge in [-0.15, -0.1) is 34.0 Å². The van der Waals surface area contributed by atoms with Crippen molar-refractivity contribution in [3.8, 4) is 33.9 Å². The van der Waals surface area contributed by atoms with Crippen molar-refractivity contribution in [1.82, 2.24) is 9.97 Å². The molecule has 5 heteroatoms. The Morgan fingerprint density at radius 3 is 1.56 bits per heavy atom. The molecule has 4 heterocycles. The van der Waals surface area contributed by atoms with Crippen LogP contribution in [0.3, 0.4) is 0 Å². The third kappa shape index (κ3) is 3.91. The van der Waals surface area contributed by atoms with Gasteiger partial charge in [-0.25, -0.2) is 9.97 Å². The molecule has 0 amide bonds. The van der Waals surface area contributed by atoms with Gasteiger partial charge in [0.1, 0.15) is 0 Å². The van der Waals surface area contributed by atoms with Gasteiger partial charge in [-0.05, 0) is 42.5 Å². The van der Waals surface area contributed by atoms with Crippen LogP contribution >= 0.6 is 34.0 Å². The van der Waals surface area contributed by atoms with Crippen LogP contribution in [-0.4, -0.2) is 9.97 Å². The molecule has 10 rings (SSSR count). The molecule has 0 aliphatic heterocycles. The number of hydrogen-bond donors (Lipinski definition) is 0. The average Bonchev–Trinajstić information content (AvgIpc) is 3.79. The summed E-state index contributed by atoms with van der Waals surface area (Å²) in [5.41, 5.74) is 5.19. The largest absolute Gasteiger partial charge is 0.228 e. The summed E-state index contributed by atoms with van der Waals surface area (Å²) in [6.45, 7) is 0. The fraction of sp³-hybridized carbons (Fsp3) is 0. The van der Waals surface area contributed by atoms with Crippen LogP contribution in [0.4, 0.5) is 0 Å². The molecule has 0 saturated heterocycles. The zero-order valence-corrected chi connectivity index (χ0v) is 26.3. The van der Waals surface area contributed by atoms with Gasteiger partial charge >= 0.3 is 0 Å². The number of benzene rings is 6. The molecule has 45 heavy (non-hydrogen) atoms. The van der Waals surface area contributed by atoms with Crippen LogP contribution in [0.5, 0.6) is 0 Å². The Labute approximate surface area is 270 Å². The lowest BCUT2D eigenvalue weighted by Crippen LogP contribution is -1.96. The van der Waals surface area contributed by atoms with Gasteiger partial charge in [0, 0.05) is 77.2 Å². The SMILES string of the molecule is c1ccc2c(c1)sc1ccc(-c3cc(-c4cccc5c4sc4ccccc45)nc(-c4cccc5c4sc4ccccc45)n3)cc12. The van der Waals surface area contributed by atoms with E-state index in [1.165, 1.54) is 60.5 Å². The highest BCUT2D eigenvalue weighted by molar-refractivity contribution is 7.27. The third-order valence-electron chi connectivity index (χ3n) is 8.72. The standard InChI is InChI=1S/C40H22N2S3/c1-5-17-35-24(9-1)27-12-7-14-29(38(27)44-35)33-22-32(23-19-20-37-31(21-23)26-11-3-4-16-34(26)43-37)41-40(42-33)30-15-8-13-28-25-10-2-6-18-36(25)45-39(28)30/h1-22H. The van der Waals surface area contributed by atoms with Crippen molar-refractivity contribution in [3.63, 3.8) is 0 Å². The molecule has 4 aromatic heterocycles. The average molecular weight is 627 g/mol. The van der Waals surface area contributed by atoms with Crippen LogP contribution in [0.15, 0.2) is 133 Å². The van der Waals surface area contributed by atoms with Gasteiger partial charge in [0.25, 0.3) is 0 Å². The predicted molar refractivity (Wildman–Crippen MR) is 197 cm³/mol. The molecule has 0 fully saturated rings. The van der Waals surface area contributed by atoms with Gasteiger partial charge in [0.15, 0.2) is 5.82 Å². The van der Waals surface area contributed by atoms with Gasteiger partial charge < -0.3 is 0 Å². The minimum atomic E-state index is 0.757. The molecular weight excluding hydrogens is 605 g/mol. The highest BCUT2D eigenvalue weighted by Crippen LogP contribution is 2.43. The predicted octanol–water partition coefficient (Wildman–Crippen LogP) is 12.6. The molecule has 0 aliphatic carbocycles. The smallest absolute Gasteiger partial charge is 0.161 e. The summed E-state index contributed by atoms with van der Waals surface area (Å²) in [6.07, 6.45) is 0. The van der Waals surface area contributed by atoms with Crippen molar-refractivity contribution >= 4 is 94.5 Å². The molecule has 0 N–H and O–H groups in total. The summed E-state index contributed by atoms with van der Waals surface area (Å²) in [7, 11) is 0. The Balaban J connectivity index is 1.26. The van der Waals surface area contributed by atoms with E-state index in [4.69, 9.17) is 9.97 Å².